The number of rotatable bonds is 7. The molecule has 9 heteroatoms. The number of fused-ring (bicyclic) bond motifs is 3. The summed E-state index contributed by atoms with van der Waals surface area (Å²) >= 11 is 3.13. The number of methoxy groups -OCH3 is 2. The van der Waals surface area contributed by atoms with Gasteiger partial charge in [0.15, 0.2) is 5.76 Å². The molecule has 38 heavy (non-hydrogen) atoms. The molecule has 0 saturated carbocycles. The van der Waals surface area contributed by atoms with Gasteiger partial charge in [0.05, 0.1) is 25.8 Å². The van der Waals surface area contributed by atoms with E-state index < -0.39 is 0 Å². The highest BCUT2D eigenvalue weighted by Crippen LogP contribution is 2.38. The van der Waals surface area contributed by atoms with E-state index in [9.17, 15) is 0 Å². The summed E-state index contributed by atoms with van der Waals surface area (Å²) in [5.74, 6) is 1.96. The van der Waals surface area contributed by atoms with E-state index >= 15 is 0 Å². The van der Waals surface area contributed by atoms with Gasteiger partial charge in [-0.15, -0.1) is 16.4 Å². The lowest BCUT2D eigenvalue weighted by molar-refractivity contribution is 0.307. The van der Waals surface area contributed by atoms with Crippen molar-refractivity contribution in [2.24, 2.45) is 0 Å². The van der Waals surface area contributed by atoms with Gasteiger partial charge in [-0.3, -0.25) is 0 Å². The Morgan fingerprint density at radius 2 is 1.87 bits per heavy atom. The Morgan fingerprint density at radius 3 is 2.74 bits per heavy atom. The van der Waals surface area contributed by atoms with E-state index in [2.05, 4.69) is 64.0 Å². The highest BCUT2D eigenvalue weighted by molar-refractivity contribution is 7.18. The standard InChI is InChI=1S/C29H21N3O4S2/c1-33-19-11-24(21-13-26(36-25(21)12-19)23-14-32-28(30-23)38-29(31-32)34-2)35-15-17-6-5-7-18(10-17)22-16-37-27-9-4-3-8-20(22)27/h3-14,16H,15H2,1-2H3. The zero-order valence-electron chi connectivity index (χ0n) is 20.5. The predicted molar refractivity (Wildman–Crippen MR) is 151 cm³/mol. The molecule has 0 amide bonds. The van der Waals surface area contributed by atoms with Gasteiger partial charge in [-0.2, -0.15) is 0 Å². The predicted octanol–water partition coefficient (Wildman–Crippen LogP) is 7.68. The molecule has 0 fully saturated rings. The molecule has 0 aliphatic rings. The average molecular weight is 540 g/mol. The molecule has 0 N–H and O–H groups in total. The Bertz CT molecular complexity index is 1900. The maximum atomic E-state index is 6.34. The number of furan rings is 1. The quantitative estimate of drug-likeness (QED) is 0.207. The van der Waals surface area contributed by atoms with Gasteiger partial charge in [-0.05, 0) is 46.0 Å². The van der Waals surface area contributed by atoms with Gasteiger partial charge >= 0.3 is 0 Å². The number of nitrogens with zero attached hydrogens (tertiary/aromatic N) is 3. The number of aromatic nitrogens is 3. The Labute approximate surface area is 225 Å². The van der Waals surface area contributed by atoms with Crippen molar-refractivity contribution in [3.8, 4) is 39.3 Å². The van der Waals surface area contributed by atoms with Crippen LogP contribution in [0.25, 0.3) is 48.6 Å². The topological polar surface area (TPSA) is 71.0 Å². The van der Waals surface area contributed by atoms with Crippen molar-refractivity contribution in [2.45, 2.75) is 6.61 Å². The van der Waals surface area contributed by atoms with E-state index in [1.807, 2.05) is 24.4 Å². The van der Waals surface area contributed by atoms with Crippen LogP contribution in [0.3, 0.4) is 0 Å². The molecule has 7 aromatic rings. The van der Waals surface area contributed by atoms with Crippen molar-refractivity contribution >= 4 is 48.7 Å². The van der Waals surface area contributed by atoms with Gasteiger partial charge in [-0.25, -0.2) is 9.50 Å². The Morgan fingerprint density at radius 1 is 0.947 bits per heavy atom. The van der Waals surface area contributed by atoms with Crippen LogP contribution in [0.15, 0.2) is 82.7 Å². The SMILES string of the molecule is COc1cc(OCc2cccc(-c3csc4ccccc34)c2)c2cc(-c3cn4nc(OC)sc4n3)oc2c1. The molecule has 188 valence electrons. The van der Waals surface area contributed by atoms with E-state index in [0.717, 1.165) is 15.9 Å². The smallest absolute Gasteiger partial charge is 0.294 e. The number of hydrogen-bond acceptors (Lipinski definition) is 8. The molecule has 0 atom stereocenters. The summed E-state index contributed by atoms with van der Waals surface area (Å²) in [5.41, 5.74) is 4.84. The van der Waals surface area contributed by atoms with E-state index in [1.165, 1.54) is 32.5 Å². The molecule has 0 spiro atoms. The molecule has 3 aromatic carbocycles. The normalized spacial score (nSPS) is 11.5. The van der Waals surface area contributed by atoms with E-state index in [4.69, 9.17) is 18.6 Å². The fraction of sp³-hybridized carbons (Fsp3) is 0.103. The number of benzene rings is 3. The summed E-state index contributed by atoms with van der Waals surface area (Å²) in [6, 6.07) is 22.7. The monoisotopic (exact) mass is 539 g/mol. The van der Waals surface area contributed by atoms with E-state index in [-0.39, 0.29) is 0 Å². The van der Waals surface area contributed by atoms with Gasteiger partial charge in [-0.1, -0.05) is 36.4 Å². The second-order valence-corrected chi connectivity index (χ2v) is 10.5. The molecule has 0 unspecified atom stereocenters. The number of ether oxygens (including phenoxy) is 3. The van der Waals surface area contributed by atoms with Crippen molar-refractivity contribution in [3.05, 3.63) is 83.9 Å². The highest BCUT2D eigenvalue weighted by atomic mass is 32.1. The minimum absolute atomic E-state index is 0.405. The Hall–Kier alpha value is -4.34. The lowest BCUT2D eigenvalue weighted by Crippen LogP contribution is -1.96. The van der Waals surface area contributed by atoms with Crippen LogP contribution in [0.2, 0.25) is 0 Å². The van der Waals surface area contributed by atoms with Crippen LogP contribution in [0.4, 0.5) is 0 Å². The average Bonchev–Trinajstić information content (AvgIpc) is 3.73. The molecule has 0 saturated heterocycles. The minimum Gasteiger partial charge on any atom is -0.496 e. The van der Waals surface area contributed by atoms with Crippen LogP contribution >= 0.6 is 22.7 Å². The zero-order chi connectivity index (χ0) is 25.6. The number of thiophene rings is 1. The second kappa shape index (κ2) is 9.20. The van der Waals surface area contributed by atoms with Crippen molar-refractivity contribution in [3.63, 3.8) is 0 Å². The summed E-state index contributed by atoms with van der Waals surface area (Å²) in [6.45, 7) is 0.405. The third kappa shape index (κ3) is 3.96. The molecule has 4 heterocycles. The lowest BCUT2D eigenvalue weighted by atomic mass is 10.0. The van der Waals surface area contributed by atoms with Crippen molar-refractivity contribution in [1.29, 1.82) is 0 Å². The van der Waals surface area contributed by atoms with Crippen LogP contribution in [0.1, 0.15) is 5.56 Å². The van der Waals surface area contributed by atoms with Crippen molar-refractivity contribution < 1.29 is 18.6 Å². The number of hydrogen-bond donors (Lipinski definition) is 0. The van der Waals surface area contributed by atoms with Crippen molar-refractivity contribution in [2.75, 3.05) is 14.2 Å². The van der Waals surface area contributed by atoms with Crippen LogP contribution in [-0.4, -0.2) is 28.8 Å². The van der Waals surface area contributed by atoms with Crippen LogP contribution in [0, 0.1) is 0 Å². The van der Waals surface area contributed by atoms with Gasteiger partial charge in [0.1, 0.15) is 29.4 Å². The first-order valence-electron chi connectivity index (χ1n) is 11.9. The summed E-state index contributed by atoms with van der Waals surface area (Å²) in [4.78, 5) is 5.37. The fourth-order valence-corrected chi connectivity index (χ4v) is 6.19. The van der Waals surface area contributed by atoms with Gasteiger partial charge in [0.2, 0.25) is 4.96 Å². The molecule has 0 aliphatic carbocycles. The molecule has 0 aliphatic heterocycles. The first-order valence-corrected chi connectivity index (χ1v) is 13.6. The van der Waals surface area contributed by atoms with E-state index in [1.54, 1.807) is 30.1 Å². The minimum atomic E-state index is 0.405. The van der Waals surface area contributed by atoms with Gasteiger partial charge < -0.3 is 18.6 Å². The number of imidazole rings is 1. The molecule has 7 nitrogen and oxygen atoms in total. The first-order chi connectivity index (χ1) is 18.7. The van der Waals surface area contributed by atoms with Crippen LogP contribution in [-0.2, 0) is 6.61 Å². The molecule has 7 rings (SSSR count). The largest absolute Gasteiger partial charge is 0.496 e. The molecular weight excluding hydrogens is 518 g/mol. The van der Waals surface area contributed by atoms with Crippen molar-refractivity contribution in [1.82, 2.24) is 14.6 Å². The fourth-order valence-electron chi connectivity index (χ4n) is 4.52. The molecule has 0 radical (unpaired) electrons. The third-order valence-electron chi connectivity index (χ3n) is 6.37. The Kier molecular flexibility index (Phi) is 5.52. The third-order valence-corrected chi connectivity index (χ3v) is 8.22. The maximum absolute atomic E-state index is 6.34. The summed E-state index contributed by atoms with van der Waals surface area (Å²) in [6.07, 6.45) is 1.82. The van der Waals surface area contributed by atoms with Gasteiger partial charge in [0, 0.05) is 27.8 Å². The first kappa shape index (κ1) is 22.8. The second-order valence-electron chi connectivity index (χ2n) is 8.71. The van der Waals surface area contributed by atoms with E-state index in [0.29, 0.717) is 40.3 Å². The van der Waals surface area contributed by atoms with Crippen LogP contribution in [0.5, 0.6) is 16.7 Å². The van der Waals surface area contributed by atoms with Crippen LogP contribution < -0.4 is 14.2 Å². The molecule has 0 bridgehead atoms. The highest BCUT2D eigenvalue weighted by Gasteiger charge is 2.17. The Balaban J connectivity index is 1.20. The summed E-state index contributed by atoms with van der Waals surface area (Å²) in [5, 5.41) is 9.24. The maximum Gasteiger partial charge on any atom is 0.294 e. The zero-order valence-corrected chi connectivity index (χ0v) is 22.1. The lowest BCUT2D eigenvalue weighted by Gasteiger charge is -2.10. The molecule has 4 aromatic heterocycles. The summed E-state index contributed by atoms with van der Waals surface area (Å²) < 4.78 is 26.2. The molecular formula is C29H21N3O4S2. The van der Waals surface area contributed by atoms with Gasteiger partial charge in [0.25, 0.3) is 5.19 Å². The summed E-state index contributed by atoms with van der Waals surface area (Å²) in [7, 11) is 3.22.